The third kappa shape index (κ3) is 3.57. The number of fused-ring (bicyclic) bond motifs is 4. The van der Waals surface area contributed by atoms with E-state index in [1.54, 1.807) is 12.5 Å². The Bertz CT molecular complexity index is 1620. The fraction of sp³-hybridized carbons (Fsp3) is 0.269. The van der Waals surface area contributed by atoms with Gasteiger partial charge in [0.1, 0.15) is 28.9 Å². The van der Waals surface area contributed by atoms with Gasteiger partial charge in [0, 0.05) is 25.3 Å². The summed E-state index contributed by atoms with van der Waals surface area (Å²) < 4.78 is 13.9. The molecular weight excluding hydrogens is 456 g/mol. The molecule has 5 aromatic rings. The summed E-state index contributed by atoms with van der Waals surface area (Å²) in [4.78, 5) is 24.9. The standard InChI is InChI=1S/C26H24N8O2/c1-15-7-16(3-6-23(15)36-18-4-5-22-20(9-18)30-14-33(22)2)31-25-24-21(28-13-29-25)10-27-26(32-24)34-11-19-8-17(34)12-35-19/h3-7,9-10,13-14,17,19H,8,11-12H2,1-2H3,(H,28,29,31). The highest BCUT2D eigenvalue weighted by Crippen LogP contribution is 2.33. The second-order valence-corrected chi connectivity index (χ2v) is 9.34. The van der Waals surface area contributed by atoms with Gasteiger partial charge >= 0.3 is 0 Å². The zero-order valence-corrected chi connectivity index (χ0v) is 19.9. The number of ether oxygens (including phenoxy) is 2. The topological polar surface area (TPSA) is 103 Å². The highest BCUT2D eigenvalue weighted by molar-refractivity contribution is 5.87. The van der Waals surface area contributed by atoms with Crippen LogP contribution < -0.4 is 15.0 Å². The van der Waals surface area contributed by atoms with Crippen LogP contribution in [0.25, 0.3) is 22.1 Å². The number of morpholine rings is 1. The van der Waals surface area contributed by atoms with Crippen LogP contribution in [0.1, 0.15) is 12.0 Å². The summed E-state index contributed by atoms with van der Waals surface area (Å²) in [6.45, 7) is 3.56. The molecule has 7 rings (SSSR count). The predicted molar refractivity (Wildman–Crippen MR) is 136 cm³/mol. The number of benzene rings is 2. The van der Waals surface area contributed by atoms with Crippen LogP contribution in [-0.4, -0.2) is 54.8 Å². The smallest absolute Gasteiger partial charge is 0.226 e. The zero-order chi connectivity index (χ0) is 24.2. The van der Waals surface area contributed by atoms with Gasteiger partial charge in [0.25, 0.3) is 0 Å². The molecule has 180 valence electrons. The Morgan fingerprint density at radius 1 is 1.06 bits per heavy atom. The average molecular weight is 481 g/mol. The molecule has 0 radical (unpaired) electrons. The maximum absolute atomic E-state index is 6.16. The average Bonchev–Trinajstić information content (AvgIpc) is 3.62. The van der Waals surface area contributed by atoms with Crippen molar-refractivity contribution in [3.05, 3.63) is 60.8 Å². The Labute approximate surface area is 207 Å². The maximum Gasteiger partial charge on any atom is 0.226 e. The van der Waals surface area contributed by atoms with E-state index in [9.17, 15) is 0 Å². The van der Waals surface area contributed by atoms with E-state index >= 15 is 0 Å². The molecule has 10 heteroatoms. The summed E-state index contributed by atoms with van der Waals surface area (Å²) in [5.41, 5.74) is 5.22. The van der Waals surface area contributed by atoms with E-state index < -0.39 is 0 Å². The van der Waals surface area contributed by atoms with Crippen molar-refractivity contribution in [3.8, 4) is 11.5 Å². The number of imidazole rings is 1. The van der Waals surface area contributed by atoms with Gasteiger partial charge in [-0.15, -0.1) is 0 Å². The summed E-state index contributed by atoms with van der Waals surface area (Å²) in [6.07, 6.45) is 6.39. The number of aromatic nitrogens is 6. The summed E-state index contributed by atoms with van der Waals surface area (Å²) in [7, 11) is 1.98. The third-order valence-electron chi connectivity index (χ3n) is 6.88. The van der Waals surface area contributed by atoms with E-state index in [0.29, 0.717) is 28.8 Å². The van der Waals surface area contributed by atoms with Crippen molar-refractivity contribution in [2.24, 2.45) is 7.05 Å². The zero-order valence-electron chi connectivity index (χ0n) is 19.9. The number of hydrogen-bond donors (Lipinski definition) is 1. The van der Waals surface area contributed by atoms with Crippen LogP contribution in [-0.2, 0) is 11.8 Å². The van der Waals surface area contributed by atoms with Gasteiger partial charge in [0.05, 0.1) is 42.3 Å². The van der Waals surface area contributed by atoms with Crippen LogP contribution in [0.4, 0.5) is 17.5 Å². The quantitative estimate of drug-likeness (QED) is 0.398. The molecule has 2 fully saturated rings. The predicted octanol–water partition coefficient (Wildman–Crippen LogP) is 4.13. The fourth-order valence-electron chi connectivity index (χ4n) is 5.00. The minimum absolute atomic E-state index is 0.272. The molecule has 1 N–H and O–H groups in total. The summed E-state index contributed by atoms with van der Waals surface area (Å²) in [5, 5.41) is 3.40. The molecule has 0 amide bonds. The SMILES string of the molecule is Cc1cc(Nc2ncnc3cnc(N4CC5CC4CO5)nc23)ccc1Oc1ccc2c(c1)ncn2C. The van der Waals surface area contributed by atoms with Crippen molar-refractivity contribution in [1.82, 2.24) is 29.5 Å². The summed E-state index contributed by atoms with van der Waals surface area (Å²) in [6, 6.07) is 12.2. The first-order valence-corrected chi connectivity index (χ1v) is 11.9. The Morgan fingerprint density at radius 3 is 2.83 bits per heavy atom. The van der Waals surface area contributed by atoms with Crippen LogP contribution in [0.15, 0.2) is 55.2 Å². The van der Waals surface area contributed by atoms with Gasteiger partial charge in [-0.1, -0.05) is 0 Å². The second kappa shape index (κ2) is 8.13. The van der Waals surface area contributed by atoms with Crippen molar-refractivity contribution in [2.45, 2.75) is 25.5 Å². The summed E-state index contributed by atoms with van der Waals surface area (Å²) >= 11 is 0. The van der Waals surface area contributed by atoms with Gasteiger partial charge in [-0.3, -0.25) is 0 Å². The number of rotatable bonds is 5. The van der Waals surface area contributed by atoms with Gasteiger partial charge in [-0.25, -0.2) is 24.9 Å². The summed E-state index contributed by atoms with van der Waals surface area (Å²) in [5.74, 6) is 2.86. The molecule has 2 aliphatic heterocycles. The van der Waals surface area contributed by atoms with E-state index in [2.05, 4.69) is 30.2 Å². The van der Waals surface area contributed by atoms with Gasteiger partial charge in [0.2, 0.25) is 5.95 Å². The molecule has 2 aliphatic rings. The number of nitrogens with one attached hydrogen (secondary N) is 1. The number of hydrogen-bond acceptors (Lipinski definition) is 9. The highest BCUT2D eigenvalue weighted by atomic mass is 16.5. The van der Waals surface area contributed by atoms with E-state index in [1.165, 1.54) is 6.33 Å². The molecular formula is C26H24N8O2. The highest BCUT2D eigenvalue weighted by Gasteiger charge is 2.40. The van der Waals surface area contributed by atoms with Crippen LogP contribution >= 0.6 is 0 Å². The Hall–Kier alpha value is -4.31. The van der Waals surface area contributed by atoms with Gasteiger partial charge < -0.3 is 24.3 Å². The van der Waals surface area contributed by atoms with Gasteiger partial charge in [-0.05, 0) is 49.2 Å². The number of anilines is 3. The van der Waals surface area contributed by atoms with E-state index in [1.807, 2.05) is 54.9 Å². The van der Waals surface area contributed by atoms with Crippen LogP contribution in [0.2, 0.25) is 0 Å². The fourth-order valence-corrected chi connectivity index (χ4v) is 5.00. The first-order valence-electron chi connectivity index (χ1n) is 11.9. The molecule has 0 spiro atoms. The van der Waals surface area contributed by atoms with Crippen LogP contribution in [0, 0.1) is 6.92 Å². The van der Waals surface area contributed by atoms with Crippen LogP contribution in [0.5, 0.6) is 11.5 Å². The van der Waals surface area contributed by atoms with Gasteiger partial charge in [-0.2, -0.15) is 0 Å². The molecule has 5 heterocycles. The van der Waals surface area contributed by atoms with E-state index in [0.717, 1.165) is 53.4 Å². The van der Waals surface area contributed by atoms with E-state index in [-0.39, 0.29) is 6.10 Å². The molecule has 2 atom stereocenters. The van der Waals surface area contributed by atoms with Crippen LogP contribution in [0.3, 0.4) is 0 Å². The molecule has 2 saturated heterocycles. The Balaban J connectivity index is 1.15. The maximum atomic E-state index is 6.16. The first kappa shape index (κ1) is 21.0. The lowest BCUT2D eigenvalue weighted by molar-refractivity contribution is 0.0986. The van der Waals surface area contributed by atoms with Crippen molar-refractivity contribution < 1.29 is 9.47 Å². The minimum atomic E-state index is 0.272. The molecule has 36 heavy (non-hydrogen) atoms. The van der Waals surface area contributed by atoms with Crippen molar-refractivity contribution in [1.29, 1.82) is 0 Å². The molecule has 0 saturated carbocycles. The minimum Gasteiger partial charge on any atom is -0.457 e. The van der Waals surface area contributed by atoms with Crippen molar-refractivity contribution in [3.63, 3.8) is 0 Å². The molecule has 2 aromatic carbocycles. The number of nitrogens with zero attached hydrogens (tertiary/aromatic N) is 7. The lowest BCUT2D eigenvalue weighted by atomic mass is 10.2. The third-order valence-corrected chi connectivity index (χ3v) is 6.88. The molecule has 3 aromatic heterocycles. The molecule has 2 bridgehead atoms. The van der Waals surface area contributed by atoms with Crippen molar-refractivity contribution in [2.75, 3.05) is 23.4 Å². The number of aryl methyl sites for hydroxylation is 2. The van der Waals surface area contributed by atoms with Gasteiger partial charge in [0.15, 0.2) is 5.82 Å². The monoisotopic (exact) mass is 480 g/mol. The lowest BCUT2D eigenvalue weighted by Crippen LogP contribution is -2.38. The Kier molecular flexibility index (Phi) is 4.74. The van der Waals surface area contributed by atoms with E-state index in [4.69, 9.17) is 14.5 Å². The molecule has 0 aliphatic carbocycles. The molecule has 10 nitrogen and oxygen atoms in total. The van der Waals surface area contributed by atoms with Crippen molar-refractivity contribution >= 4 is 39.5 Å². The molecule has 2 unspecified atom stereocenters. The normalized spacial score (nSPS) is 18.9. The second-order valence-electron chi connectivity index (χ2n) is 9.34. The Morgan fingerprint density at radius 2 is 2.00 bits per heavy atom. The first-order chi connectivity index (χ1) is 17.6. The lowest BCUT2D eigenvalue weighted by Gasteiger charge is -2.26. The largest absolute Gasteiger partial charge is 0.457 e.